The monoisotopic (exact) mass is 288 g/mol. The number of hydrogen-bond donors (Lipinski definition) is 1. The fourth-order valence-corrected chi connectivity index (χ4v) is 2.90. The lowest BCUT2D eigenvalue weighted by atomic mass is 10.2. The van der Waals surface area contributed by atoms with E-state index in [0.29, 0.717) is 0 Å². The van der Waals surface area contributed by atoms with Gasteiger partial charge >= 0.3 is 0 Å². The molecule has 3 rings (SSSR count). The molecule has 0 atom stereocenters. The van der Waals surface area contributed by atoms with Gasteiger partial charge in [-0.3, -0.25) is 4.98 Å². The molecule has 2 nitrogen and oxygen atoms in total. The van der Waals surface area contributed by atoms with Crippen LogP contribution in [-0.4, -0.2) is 11.0 Å². The van der Waals surface area contributed by atoms with Crippen molar-refractivity contribution < 1.29 is 4.39 Å². The minimum atomic E-state index is -0.273. The van der Waals surface area contributed by atoms with Crippen LogP contribution in [-0.2, 0) is 12.3 Å². The van der Waals surface area contributed by atoms with Crippen LogP contribution >= 0.6 is 11.8 Å². The molecule has 1 aliphatic rings. The largest absolute Gasteiger partial charge is 0.310 e. The molecule has 0 aliphatic heterocycles. The smallest absolute Gasteiger partial charge is 0.141 e. The van der Waals surface area contributed by atoms with Crippen LogP contribution in [0.25, 0.3) is 0 Å². The first-order chi connectivity index (χ1) is 9.79. The van der Waals surface area contributed by atoms with Crippen molar-refractivity contribution in [2.75, 3.05) is 0 Å². The average molecular weight is 288 g/mol. The number of benzene rings is 1. The molecule has 1 aromatic carbocycles. The van der Waals surface area contributed by atoms with Crippen molar-refractivity contribution >= 4 is 11.8 Å². The Morgan fingerprint density at radius 3 is 2.90 bits per heavy atom. The first-order valence-electron chi connectivity index (χ1n) is 6.84. The maximum Gasteiger partial charge on any atom is 0.141 e. The van der Waals surface area contributed by atoms with Gasteiger partial charge in [-0.2, -0.15) is 0 Å². The number of halogens is 1. The Bertz CT molecular complexity index is 584. The molecule has 20 heavy (non-hydrogen) atoms. The number of nitrogens with one attached hydrogen (secondary N) is 1. The average Bonchev–Trinajstić information content (AvgIpc) is 3.28. The standard InChI is InChI=1S/C16H17FN2S/c17-14-6-13(8-18-10-14)11-20-16-3-1-2-12(7-16)9-19-15-4-5-15/h1-3,6-8,10,15,19H,4-5,9,11H2. The van der Waals surface area contributed by atoms with Crippen molar-refractivity contribution in [2.45, 2.75) is 36.1 Å². The summed E-state index contributed by atoms with van der Waals surface area (Å²) < 4.78 is 13.1. The van der Waals surface area contributed by atoms with E-state index in [1.165, 1.54) is 29.5 Å². The second kappa shape index (κ2) is 6.37. The fraction of sp³-hybridized carbons (Fsp3) is 0.312. The molecule has 104 valence electrons. The van der Waals surface area contributed by atoms with E-state index in [2.05, 4.69) is 34.6 Å². The van der Waals surface area contributed by atoms with E-state index in [1.54, 1.807) is 24.0 Å². The normalized spacial score (nSPS) is 14.4. The SMILES string of the molecule is Fc1cncc(CSc2cccc(CNC3CC3)c2)c1. The minimum Gasteiger partial charge on any atom is -0.310 e. The summed E-state index contributed by atoms with van der Waals surface area (Å²) in [4.78, 5) is 5.08. The van der Waals surface area contributed by atoms with Crippen LogP contribution in [0, 0.1) is 5.82 Å². The van der Waals surface area contributed by atoms with E-state index in [9.17, 15) is 4.39 Å². The Balaban J connectivity index is 1.57. The van der Waals surface area contributed by atoms with Gasteiger partial charge in [0.25, 0.3) is 0 Å². The zero-order chi connectivity index (χ0) is 13.8. The summed E-state index contributed by atoms with van der Waals surface area (Å²) in [7, 11) is 0. The third-order valence-corrected chi connectivity index (χ3v) is 4.30. The van der Waals surface area contributed by atoms with Gasteiger partial charge in [0.2, 0.25) is 0 Å². The number of rotatable bonds is 6. The van der Waals surface area contributed by atoms with Crippen LogP contribution in [0.4, 0.5) is 4.39 Å². The predicted molar refractivity (Wildman–Crippen MR) is 80.1 cm³/mol. The molecule has 1 saturated carbocycles. The highest BCUT2D eigenvalue weighted by Gasteiger charge is 2.19. The van der Waals surface area contributed by atoms with Crippen molar-refractivity contribution in [1.29, 1.82) is 0 Å². The van der Waals surface area contributed by atoms with Crippen molar-refractivity contribution in [3.05, 3.63) is 59.7 Å². The maximum absolute atomic E-state index is 13.1. The van der Waals surface area contributed by atoms with Crippen LogP contribution in [0.5, 0.6) is 0 Å². The first-order valence-corrected chi connectivity index (χ1v) is 7.83. The molecule has 1 N–H and O–H groups in total. The zero-order valence-electron chi connectivity index (χ0n) is 11.2. The number of thioether (sulfide) groups is 1. The molecule has 1 aliphatic carbocycles. The molecule has 1 heterocycles. The van der Waals surface area contributed by atoms with Crippen LogP contribution in [0.1, 0.15) is 24.0 Å². The van der Waals surface area contributed by atoms with Gasteiger partial charge in [-0.25, -0.2) is 4.39 Å². The van der Waals surface area contributed by atoms with Crippen LogP contribution < -0.4 is 5.32 Å². The topological polar surface area (TPSA) is 24.9 Å². The summed E-state index contributed by atoms with van der Waals surface area (Å²) in [5.41, 5.74) is 2.22. The molecule has 4 heteroatoms. The van der Waals surface area contributed by atoms with Gasteiger partial charge in [-0.15, -0.1) is 11.8 Å². The van der Waals surface area contributed by atoms with Crippen molar-refractivity contribution in [3.63, 3.8) is 0 Å². The van der Waals surface area contributed by atoms with Crippen molar-refractivity contribution in [3.8, 4) is 0 Å². The van der Waals surface area contributed by atoms with Gasteiger partial charge in [0.05, 0.1) is 6.20 Å². The lowest BCUT2D eigenvalue weighted by Gasteiger charge is -2.06. The number of aromatic nitrogens is 1. The third-order valence-electron chi connectivity index (χ3n) is 3.24. The summed E-state index contributed by atoms with van der Waals surface area (Å²) in [5.74, 6) is 0.468. The quantitative estimate of drug-likeness (QED) is 0.819. The van der Waals surface area contributed by atoms with Crippen LogP contribution in [0.2, 0.25) is 0 Å². The lowest BCUT2D eigenvalue weighted by molar-refractivity contribution is 0.619. The fourth-order valence-electron chi connectivity index (χ4n) is 2.00. The highest BCUT2D eigenvalue weighted by atomic mass is 32.2. The maximum atomic E-state index is 13.1. The zero-order valence-corrected chi connectivity index (χ0v) is 12.0. The van der Waals surface area contributed by atoms with Crippen LogP contribution in [0.15, 0.2) is 47.6 Å². The predicted octanol–water partition coefficient (Wildman–Crippen LogP) is 3.77. The van der Waals surface area contributed by atoms with Gasteiger partial charge < -0.3 is 5.32 Å². The Morgan fingerprint density at radius 1 is 1.20 bits per heavy atom. The van der Waals surface area contributed by atoms with E-state index in [0.717, 1.165) is 23.9 Å². The second-order valence-corrected chi connectivity index (χ2v) is 6.15. The molecule has 1 fully saturated rings. The summed E-state index contributed by atoms with van der Waals surface area (Å²) in [5, 5.41) is 3.51. The van der Waals surface area contributed by atoms with E-state index < -0.39 is 0 Å². The summed E-state index contributed by atoms with van der Waals surface area (Å²) in [6, 6.07) is 10.8. The van der Waals surface area contributed by atoms with E-state index in [4.69, 9.17) is 0 Å². The molecular formula is C16H17FN2S. The van der Waals surface area contributed by atoms with Crippen molar-refractivity contribution in [2.24, 2.45) is 0 Å². The Hall–Kier alpha value is -1.39. The van der Waals surface area contributed by atoms with Gasteiger partial charge in [0, 0.05) is 29.4 Å². The highest BCUT2D eigenvalue weighted by molar-refractivity contribution is 7.98. The van der Waals surface area contributed by atoms with Gasteiger partial charge in [-0.1, -0.05) is 12.1 Å². The molecule has 1 aromatic heterocycles. The van der Waals surface area contributed by atoms with Gasteiger partial charge in [-0.05, 0) is 42.2 Å². The molecule has 2 aromatic rings. The Morgan fingerprint density at radius 2 is 2.10 bits per heavy atom. The van der Waals surface area contributed by atoms with Gasteiger partial charge in [0.1, 0.15) is 5.82 Å². The van der Waals surface area contributed by atoms with Gasteiger partial charge in [0.15, 0.2) is 0 Å². The van der Waals surface area contributed by atoms with E-state index >= 15 is 0 Å². The molecule has 0 bridgehead atoms. The number of pyridine rings is 1. The van der Waals surface area contributed by atoms with Crippen LogP contribution in [0.3, 0.4) is 0 Å². The summed E-state index contributed by atoms with van der Waals surface area (Å²) in [6.45, 7) is 0.931. The molecular weight excluding hydrogens is 271 g/mol. The molecule has 0 saturated heterocycles. The lowest BCUT2D eigenvalue weighted by Crippen LogP contribution is -2.15. The molecule has 0 spiro atoms. The second-order valence-electron chi connectivity index (χ2n) is 5.10. The Kier molecular flexibility index (Phi) is 4.33. The molecule has 0 amide bonds. The van der Waals surface area contributed by atoms with E-state index in [-0.39, 0.29) is 5.82 Å². The Labute approximate surface area is 122 Å². The summed E-state index contributed by atoms with van der Waals surface area (Å²) in [6.07, 6.45) is 5.56. The minimum absolute atomic E-state index is 0.273. The number of hydrogen-bond acceptors (Lipinski definition) is 3. The number of nitrogens with zero attached hydrogens (tertiary/aromatic N) is 1. The highest BCUT2D eigenvalue weighted by Crippen LogP contribution is 2.24. The molecule has 0 radical (unpaired) electrons. The molecule has 0 unspecified atom stereocenters. The third kappa shape index (κ3) is 4.05. The first kappa shape index (κ1) is 13.6. The van der Waals surface area contributed by atoms with E-state index in [1.807, 2.05) is 0 Å². The summed E-state index contributed by atoms with van der Waals surface area (Å²) >= 11 is 1.71. The van der Waals surface area contributed by atoms with Crippen molar-refractivity contribution in [1.82, 2.24) is 10.3 Å².